The first-order valence-corrected chi connectivity index (χ1v) is 16.5. The molecule has 5 aliphatic rings. The number of esters is 2. The molecule has 0 bridgehead atoms. The second-order valence-electron chi connectivity index (χ2n) is 14.6. The maximum Gasteiger partial charge on any atom is 0.331 e. The number of carbonyl (C=O) groups is 3. The Bertz CT molecular complexity index is 1320. The van der Waals surface area contributed by atoms with Gasteiger partial charge in [0, 0.05) is 35.2 Å². The normalized spacial score (nSPS) is 44.7. The third-order valence-corrected chi connectivity index (χ3v) is 12.0. The lowest BCUT2D eigenvalue weighted by atomic mass is 9.58. The van der Waals surface area contributed by atoms with E-state index >= 15 is 0 Å². The van der Waals surface area contributed by atoms with Crippen molar-refractivity contribution in [1.29, 1.82) is 0 Å². The van der Waals surface area contributed by atoms with Crippen LogP contribution in [0.4, 0.5) is 0 Å². The predicted molar refractivity (Wildman–Crippen MR) is 163 cm³/mol. The number of fused-ring (bicyclic) bond motifs is 7. The molecule has 0 aromatic rings. The van der Waals surface area contributed by atoms with E-state index in [-0.39, 0.29) is 5.57 Å². The molecule has 1 aliphatic heterocycles. The molecule has 5 rings (SSSR count). The van der Waals surface area contributed by atoms with Crippen molar-refractivity contribution in [3.63, 3.8) is 0 Å². The van der Waals surface area contributed by atoms with Crippen molar-refractivity contribution < 1.29 is 49.0 Å². The molecule has 0 amide bonds. The van der Waals surface area contributed by atoms with Gasteiger partial charge in [-0.25, -0.2) is 4.79 Å². The Balaban J connectivity index is 1.60. The summed E-state index contributed by atoms with van der Waals surface area (Å²) in [5.74, 6) is -6.27. The van der Waals surface area contributed by atoms with Gasteiger partial charge >= 0.3 is 11.9 Å². The summed E-state index contributed by atoms with van der Waals surface area (Å²) in [6.45, 7) is 11.9. The summed E-state index contributed by atoms with van der Waals surface area (Å²) in [5.41, 5.74) is -8.27. The number of epoxide rings is 1. The van der Waals surface area contributed by atoms with Crippen LogP contribution in [0.3, 0.4) is 0 Å². The summed E-state index contributed by atoms with van der Waals surface area (Å²) in [4.78, 5) is 40.3. The number of ketones is 1. The van der Waals surface area contributed by atoms with Crippen molar-refractivity contribution in [2.45, 2.75) is 121 Å². The van der Waals surface area contributed by atoms with Crippen molar-refractivity contribution >= 4 is 17.7 Å². The lowest BCUT2D eigenvalue weighted by Crippen LogP contribution is -2.69. The summed E-state index contributed by atoms with van der Waals surface area (Å²) in [6.07, 6.45) is 8.77. The Morgan fingerprint density at radius 1 is 1.16 bits per heavy atom. The average molecular weight is 631 g/mol. The molecule has 10 heteroatoms. The second-order valence-corrected chi connectivity index (χ2v) is 14.6. The van der Waals surface area contributed by atoms with Crippen LogP contribution in [0.15, 0.2) is 36.0 Å². The SMILES string of the molecule is CCCCC/C=C/C=C/C(=O)OC1C(C)C2(O)C(C3OC3(CO)C(O)C3(O)C(=O)C(C)=CC32)C2C(C)(C)C12OC(=O)C(C)CC. The van der Waals surface area contributed by atoms with Crippen molar-refractivity contribution in [3.8, 4) is 0 Å². The third-order valence-electron chi connectivity index (χ3n) is 12.0. The molecule has 1 saturated heterocycles. The van der Waals surface area contributed by atoms with Gasteiger partial charge in [0.25, 0.3) is 0 Å². The minimum Gasteiger partial charge on any atom is -0.455 e. The highest BCUT2D eigenvalue weighted by Crippen LogP contribution is 2.80. The number of aliphatic hydroxyl groups excluding tert-OH is 2. The minimum atomic E-state index is -2.50. The van der Waals surface area contributed by atoms with E-state index < -0.39 is 100 Å². The van der Waals surface area contributed by atoms with E-state index in [9.17, 15) is 34.8 Å². The fraction of sp³-hybridized carbons (Fsp3) is 0.743. The first kappa shape index (κ1) is 34.0. The molecule has 0 radical (unpaired) electrons. The van der Waals surface area contributed by atoms with Crippen LogP contribution >= 0.6 is 0 Å². The Labute approximate surface area is 265 Å². The van der Waals surface area contributed by atoms with Gasteiger partial charge in [-0.05, 0) is 31.8 Å². The molecule has 12 atom stereocenters. The number of Topliss-reactive ketones (excluding diaryl/α,β-unsaturated/α-hetero) is 1. The molecular formula is C35H50O10. The summed E-state index contributed by atoms with van der Waals surface area (Å²) in [7, 11) is 0. The maximum atomic E-state index is 13.5. The second kappa shape index (κ2) is 11.4. The van der Waals surface area contributed by atoms with Gasteiger partial charge in [0.05, 0.1) is 24.2 Å². The fourth-order valence-corrected chi connectivity index (χ4v) is 9.09. The Kier molecular flexibility index (Phi) is 8.61. The highest BCUT2D eigenvalue weighted by atomic mass is 16.6. The van der Waals surface area contributed by atoms with Gasteiger partial charge in [0.15, 0.2) is 17.0 Å². The molecule has 4 aliphatic carbocycles. The Morgan fingerprint density at radius 3 is 2.47 bits per heavy atom. The summed E-state index contributed by atoms with van der Waals surface area (Å²) in [5, 5.41) is 47.1. The fourth-order valence-electron chi connectivity index (χ4n) is 9.09. The Morgan fingerprint density at radius 2 is 1.84 bits per heavy atom. The molecule has 12 unspecified atom stereocenters. The summed E-state index contributed by atoms with van der Waals surface area (Å²) < 4.78 is 18.5. The van der Waals surface area contributed by atoms with E-state index in [2.05, 4.69) is 6.92 Å². The van der Waals surface area contributed by atoms with Gasteiger partial charge in [-0.1, -0.05) is 78.7 Å². The number of hydrogen-bond donors (Lipinski definition) is 4. The van der Waals surface area contributed by atoms with Gasteiger partial charge in [-0.2, -0.15) is 0 Å². The molecule has 0 aromatic heterocycles. The van der Waals surface area contributed by atoms with E-state index in [4.69, 9.17) is 14.2 Å². The number of unbranched alkanes of at least 4 members (excludes halogenated alkanes) is 3. The lowest BCUT2D eigenvalue weighted by Gasteiger charge is -2.53. The zero-order valence-corrected chi connectivity index (χ0v) is 27.5. The summed E-state index contributed by atoms with van der Waals surface area (Å²) >= 11 is 0. The number of rotatable bonds is 11. The number of hydrogen-bond acceptors (Lipinski definition) is 10. The Hall–Kier alpha value is -2.37. The summed E-state index contributed by atoms with van der Waals surface area (Å²) in [6, 6.07) is 0. The molecule has 4 fully saturated rings. The molecule has 45 heavy (non-hydrogen) atoms. The van der Waals surface area contributed by atoms with Gasteiger partial charge in [-0.15, -0.1) is 0 Å². The number of allylic oxidation sites excluding steroid dienone is 3. The first-order chi connectivity index (χ1) is 21.1. The predicted octanol–water partition coefficient (Wildman–Crippen LogP) is 2.95. The number of carbonyl (C=O) groups excluding carboxylic acids is 3. The molecule has 1 heterocycles. The highest BCUT2D eigenvalue weighted by molar-refractivity contribution is 6.05. The van der Waals surface area contributed by atoms with Crippen LogP contribution < -0.4 is 0 Å². The largest absolute Gasteiger partial charge is 0.455 e. The monoisotopic (exact) mass is 630 g/mol. The van der Waals surface area contributed by atoms with Gasteiger partial charge in [-0.3, -0.25) is 9.59 Å². The zero-order valence-electron chi connectivity index (χ0n) is 27.5. The molecule has 3 saturated carbocycles. The molecule has 0 aromatic carbocycles. The van der Waals surface area contributed by atoms with E-state index in [1.54, 1.807) is 26.0 Å². The molecular weight excluding hydrogens is 580 g/mol. The van der Waals surface area contributed by atoms with Gasteiger partial charge in [0.1, 0.15) is 17.8 Å². The molecule has 0 spiro atoms. The van der Waals surface area contributed by atoms with E-state index in [1.807, 2.05) is 26.8 Å². The van der Waals surface area contributed by atoms with Crippen LogP contribution in [0.1, 0.15) is 80.6 Å². The van der Waals surface area contributed by atoms with Crippen molar-refractivity contribution in [3.05, 3.63) is 36.0 Å². The topological polar surface area (TPSA) is 163 Å². The quantitative estimate of drug-likeness (QED) is 0.0878. The van der Waals surface area contributed by atoms with E-state index in [1.165, 1.54) is 19.1 Å². The first-order valence-electron chi connectivity index (χ1n) is 16.5. The maximum absolute atomic E-state index is 13.5. The number of aliphatic hydroxyl groups is 4. The van der Waals surface area contributed by atoms with Crippen LogP contribution in [-0.2, 0) is 28.6 Å². The van der Waals surface area contributed by atoms with Crippen LogP contribution in [0.5, 0.6) is 0 Å². The third kappa shape index (κ3) is 4.49. The molecule has 10 nitrogen and oxygen atoms in total. The van der Waals surface area contributed by atoms with Crippen LogP contribution in [-0.4, -0.2) is 85.5 Å². The smallest absolute Gasteiger partial charge is 0.331 e. The molecule has 250 valence electrons. The average Bonchev–Trinajstić information content (AvgIpc) is 3.83. The van der Waals surface area contributed by atoms with Crippen molar-refractivity contribution in [2.24, 2.45) is 35.0 Å². The van der Waals surface area contributed by atoms with Crippen molar-refractivity contribution in [2.75, 3.05) is 6.61 Å². The lowest BCUT2D eigenvalue weighted by molar-refractivity contribution is -0.244. The highest BCUT2D eigenvalue weighted by Gasteiger charge is 2.93. The van der Waals surface area contributed by atoms with Gasteiger partial charge in [0.2, 0.25) is 0 Å². The standard InChI is InChI=1S/C35H50O10/c1-8-10-11-12-13-14-15-16-23(37)43-27-21(5)33(41)22-17-20(4)26(38)34(22,42)30(40)32(18-36)28(44-32)24(33)25-31(6,7)35(25,27)45-29(39)19(3)9-2/h13-17,19,21-22,24-25,27-28,30,36,40-42H,8-12,18H2,1-7H3/b14-13+,16-15+. The minimum absolute atomic E-state index is 0.158. The molecule has 4 N–H and O–H groups in total. The zero-order chi connectivity index (χ0) is 33.3. The van der Waals surface area contributed by atoms with Gasteiger partial charge < -0.3 is 34.6 Å². The van der Waals surface area contributed by atoms with E-state index in [0.29, 0.717) is 6.42 Å². The van der Waals surface area contributed by atoms with Crippen LogP contribution in [0, 0.1) is 35.0 Å². The van der Waals surface area contributed by atoms with Crippen LogP contribution in [0.25, 0.3) is 0 Å². The van der Waals surface area contributed by atoms with Crippen molar-refractivity contribution in [1.82, 2.24) is 0 Å². The number of ether oxygens (including phenoxy) is 3. The van der Waals surface area contributed by atoms with Crippen LogP contribution in [0.2, 0.25) is 0 Å². The van der Waals surface area contributed by atoms with E-state index in [0.717, 1.165) is 25.7 Å².